The molecular weight excluding hydrogens is 204 g/mol. The third kappa shape index (κ3) is 2.56. The van der Waals surface area contributed by atoms with Gasteiger partial charge in [0, 0.05) is 0 Å². The first-order valence-electron chi connectivity index (χ1n) is 7.42. The Morgan fingerprint density at radius 2 is 1.82 bits per heavy atom. The predicted molar refractivity (Wildman–Crippen MR) is 73.8 cm³/mol. The molecule has 3 aliphatic rings. The molecule has 0 aromatic rings. The van der Waals surface area contributed by atoms with Crippen molar-refractivity contribution < 1.29 is 0 Å². The van der Waals surface area contributed by atoms with Crippen molar-refractivity contribution in [3.63, 3.8) is 0 Å². The fraction of sp³-hybridized carbons (Fsp3) is 0.647. The Bertz CT molecular complexity index is 371. The minimum absolute atomic E-state index is 0.979. The molecule has 17 heavy (non-hydrogen) atoms. The molecule has 0 atom stereocenters. The summed E-state index contributed by atoms with van der Waals surface area (Å²) in [6.07, 6.45) is 18.4. The van der Waals surface area contributed by atoms with E-state index in [0.717, 1.165) is 11.8 Å². The molecular formula is C17H24. The Labute approximate surface area is 105 Å². The Balaban J connectivity index is 1.53. The molecule has 0 aromatic carbocycles. The van der Waals surface area contributed by atoms with Crippen LogP contribution in [0.15, 0.2) is 34.9 Å². The van der Waals surface area contributed by atoms with Crippen LogP contribution in [0.1, 0.15) is 58.3 Å². The van der Waals surface area contributed by atoms with Crippen LogP contribution in [-0.4, -0.2) is 0 Å². The maximum Gasteiger partial charge on any atom is -0.00577 e. The summed E-state index contributed by atoms with van der Waals surface area (Å²) in [5.74, 6) is 1.96. The lowest BCUT2D eigenvalue weighted by Crippen LogP contribution is -2.08. The molecule has 0 saturated heterocycles. The second-order valence-corrected chi connectivity index (χ2v) is 6.33. The van der Waals surface area contributed by atoms with Crippen molar-refractivity contribution in [2.75, 3.05) is 0 Å². The van der Waals surface area contributed by atoms with Gasteiger partial charge in [0.25, 0.3) is 0 Å². The topological polar surface area (TPSA) is 0 Å². The Kier molecular flexibility index (Phi) is 3.22. The van der Waals surface area contributed by atoms with Crippen LogP contribution >= 0.6 is 0 Å². The van der Waals surface area contributed by atoms with Crippen LogP contribution in [0.25, 0.3) is 0 Å². The maximum absolute atomic E-state index is 2.46. The van der Waals surface area contributed by atoms with E-state index in [1.165, 1.54) is 56.9 Å². The SMILES string of the molecule is CC1CCCC(CC2=CC3=CC=C3C2)CCC1. The van der Waals surface area contributed by atoms with Gasteiger partial charge < -0.3 is 0 Å². The number of rotatable bonds is 2. The smallest absolute Gasteiger partial charge is 0.00577 e. The van der Waals surface area contributed by atoms with Crippen LogP contribution in [0.4, 0.5) is 0 Å². The zero-order valence-corrected chi connectivity index (χ0v) is 11.0. The molecule has 0 aromatic heterocycles. The minimum atomic E-state index is 0.979. The molecule has 3 aliphatic carbocycles. The van der Waals surface area contributed by atoms with E-state index in [4.69, 9.17) is 0 Å². The highest BCUT2D eigenvalue weighted by molar-refractivity contribution is 5.59. The lowest BCUT2D eigenvalue weighted by atomic mass is 9.83. The van der Waals surface area contributed by atoms with Crippen molar-refractivity contribution in [2.45, 2.75) is 58.3 Å². The third-order valence-electron chi connectivity index (χ3n) is 4.78. The van der Waals surface area contributed by atoms with Crippen LogP contribution < -0.4 is 0 Å². The summed E-state index contributed by atoms with van der Waals surface area (Å²) in [6.45, 7) is 2.43. The average Bonchev–Trinajstić information content (AvgIpc) is 2.52. The normalized spacial score (nSPS) is 32.6. The summed E-state index contributed by atoms with van der Waals surface area (Å²) >= 11 is 0. The quantitative estimate of drug-likeness (QED) is 0.611. The van der Waals surface area contributed by atoms with Gasteiger partial charge in [0.05, 0.1) is 0 Å². The van der Waals surface area contributed by atoms with Gasteiger partial charge in [-0.3, -0.25) is 0 Å². The lowest BCUT2D eigenvalue weighted by molar-refractivity contribution is 0.328. The molecule has 0 unspecified atom stereocenters. The summed E-state index contributed by atoms with van der Waals surface area (Å²) in [6, 6.07) is 0. The van der Waals surface area contributed by atoms with Crippen LogP contribution in [-0.2, 0) is 0 Å². The fourth-order valence-electron chi connectivity index (χ4n) is 3.62. The van der Waals surface area contributed by atoms with Crippen molar-refractivity contribution >= 4 is 0 Å². The molecule has 92 valence electrons. The molecule has 0 aliphatic heterocycles. The first-order valence-corrected chi connectivity index (χ1v) is 7.42. The Morgan fingerprint density at radius 3 is 2.35 bits per heavy atom. The summed E-state index contributed by atoms with van der Waals surface area (Å²) in [7, 11) is 0. The van der Waals surface area contributed by atoms with Crippen molar-refractivity contribution in [1.29, 1.82) is 0 Å². The van der Waals surface area contributed by atoms with Crippen molar-refractivity contribution in [3.8, 4) is 0 Å². The molecule has 0 spiro atoms. The monoisotopic (exact) mass is 228 g/mol. The van der Waals surface area contributed by atoms with Crippen molar-refractivity contribution in [1.82, 2.24) is 0 Å². The molecule has 0 N–H and O–H groups in total. The van der Waals surface area contributed by atoms with Gasteiger partial charge in [-0.15, -0.1) is 0 Å². The molecule has 1 saturated carbocycles. The van der Waals surface area contributed by atoms with E-state index in [1.807, 2.05) is 0 Å². The van der Waals surface area contributed by atoms with Crippen LogP contribution in [0.3, 0.4) is 0 Å². The Hall–Kier alpha value is -0.780. The standard InChI is InChI=1S/C17H24/c1-13-4-2-6-14(7-3-5-13)10-15-11-16-8-9-17(16)12-15/h8-9,11,13-14H,2-7,10,12H2,1H3. The van der Waals surface area contributed by atoms with Gasteiger partial charge in [-0.05, 0) is 35.8 Å². The van der Waals surface area contributed by atoms with Gasteiger partial charge in [-0.2, -0.15) is 0 Å². The van der Waals surface area contributed by atoms with E-state index < -0.39 is 0 Å². The van der Waals surface area contributed by atoms with Crippen molar-refractivity contribution in [2.24, 2.45) is 11.8 Å². The van der Waals surface area contributed by atoms with E-state index in [9.17, 15) is 0 Å². The summed E-state index contributed by atoms with van der Waals surface area (Å²) in [4.78, 5) is 0. The zero-order chi connectivity index (χ0) is 11.7. The van der Waals surface area contributed by atoms with E-state index >= 15 is 0 Å². The number of hydrogen-bond acceptors (Lipinski definition) is 0. The first-order chi connectivity index (χ1) is 8.31. The molecule has 1 fully saturated rings. The zero-order valence-electron chi connectivity index (χ0n) is 11.0. The first kappa shape index (κ1) is 11.3. The summed E-state index contributed by atoms with van der Waals surface area (Å²) < 4.78 is 0. The molecule has 3 rings (SSSR count). The predicted octanol–water partition coefficient (Wildman–Crippen LogP) is 5.18. The second-order valence-electron chi connectivity index (χ2n) is 6.33. The van der Waals surface area contributed by atoms with Crippen LogP contribution in [0.2, 0.25) is 0 Å². The van der Waals surface area contributed by atoms with Crippen LogP contribution in [0.5, 0.6) is 0 Å². The van der Waals surface area contributed by atoms with Crippen LogP contribution in [0, 0.1) is 11.8 Å². The molecule has 0 radical (unpaired) electrons. The summed E-state index contributed by atoms with van der Waals surface area (Å²) in [5, 5.41) is 0. The fourth-order valence-corrected chi connectivity index (χ4v) is 3.62. The van der Waals surface area contributed by atoms with Gasteiger partial charge in [0.15, 0.2) is 0 Å². The van der Waals surface area contributed by atoms with E-state index in [1.54, 1.807) is 11.1 Å². The van der Waals surface area contributed by atoms with E-state index in [-0.39, 0.29) is 0 Å². The highest BCUT2D eigenvalue weighted by Gasteiger charge is 2.22. The molecule has 0 heteroatoms. The number of hydrogen-bond donors (Lipinski definition) is 0. The van der Waals surface area contributed by atoms with Crippen molar-refractivity contribution in [3.05, 3.63) is 34.9 Å². The lowest BCUT2D eigenvalue weighted by Gasteiger charge is -2.23. The molecule has 0 amide bonds. The molecule has 0 heterocycles. The van der Waals surface area contributed by atoms with Gasteiger partial charge in [0.2, 0.25) is 0 Å². The van der Waals surface area contributed by atoms with E-state index in [2.05, 4.69) is 25.2 Å². The van der Waals surface area contributed by atoms with E-state index in [0.29, 0.717) is 0 Å². The number of fused-ring (bicyclic) bond motifs is 1. The van der Waals surface area contributed by atoms with Gasteiger partial charge in [-0.25, -0.2) is 0 Å². The van der Waals surface area contributed by atoms with Gasteiger partial charge in [-0.1, -0.05) is 69.2 Å². The van der Waals surface area contributed by atoms with Gasteiger partial charge >= 0.3 is 0 Å². The molecule has 0 bridgehead atoms. The highest BCUT2D eigenvalue weighted by atomic mass is 14.3. The second kappa shape index (κ2) is 4.84. The van der Waals surface area contributed by atoms with Gasteiger partial charge in [0.1, 0.15) is 0 Å². The largest absolute Gasteiger partial charge is 0.0649 e. The Morgan fingerprint density at radius 1 is 1.06 bits per heavy atom. The average molecular weight is 228 g/mol. The maximum atomic E-state index is 2.46. The molecule has 0 nitrogen and oxygen atoms in total. The number of allylic oxidation sites excluding steroid dienone is 6. The third-order valence-corrected chi connectivity index (χ3v) is 4.78. The summed E-state index contributed by atoms with van der Waals surface area (Å²) in [5.41, 5.74) is 4.83. The minimum Gasteiger partial charge on any atom is -0.0649 e. The highest BCUT2D eigenvalue weighted by Crippen LogP contribution is 2.39.